The number of hydrogen-bond acceptors (Lipinski definition) is 10. The largest absolute Gasteiger partial charge is 0.463 e. The standard InChI is InChI=1S/C15H20N2O8S/c1-7(18)17-12-14(24-10(4)21)13(23-9(3)20)11(5-22-8(2)19)25-15(12)16-6-26/h11-15H,5H2,1-4H3,(H,17,18)/t11-,12-,13-,14-,15+/m0/s1. The molecular weight excluding hydrogens is 368 g/mol. The number of ether oxygens (including phenoxy) is 4. The SMILES string of the molecule is CC(=O)N[C@H]1[C@H](OC(C)=O)[C@@H](OC(C)=O)[C@H](COC(C)=O)O[C@H]1N=C=S. The highest BCUT2D eigenvalue weighted by atomic mass is 32.1. The normalized spacial score (nSPS) is 27.5. The monoisotopic (exact) mass is 388 g/mol. The first-order valence-electron chi connectivity index (χ1n) is 7.63. The van der Waals surface area contributed by atoms with Crippen LogP contribution in [0.25, 0.3) is 0 Å². The lowest BCUT2D eigenvalue weighted by atomic mass is 9.95. The highest BCUT2D eigenvalue weighted by molar-refractivity contribution is 7.78. The molecule has 1 N–H and O–H groups in total. The first kappa shape index (κ1) is 21.7. The molecule has 0 unspecified atom stereocenters. The van der Waals surface area contributed by atoms with Gasteiger partial charge in [-0.25, -0.2) is 0 Å². The van der Waals surface area contributed by atoms with Crippen LogP contribution in [0.15, 0.2) is 4.99 Å². The van der Waals surface area contributed by atoms with Crippen LogP contribution in [-0.4, -0.2) is 66.2 Å². The van der Waals surface area contributed by atoms with Crippen LogP contribution in [-0.2, 0) is 38.1 Å². The molecule has 1 heterocycles. The third-order valence-electron chi connectivity index (χ3n) is 3.27. The van der Waals surface area contributed by atoms with Crippen molar-refractivity contribution in [1.29, 1.82) is 0 Å². The van der Waals surface area contributed by atoms with Crippen LogP contribution in [0.3, 0.4) is 0 Å². The van der Waals surface area contributed by atoms with Crippen LogP contribution in [0, 0.1) is 0 Å². The molecule has 144 valence electrons. The Balaban J connectivity index is 3.28. The molecule has 0 aliphatic carbocycles. The molecule has 1 fully saturated rings. The van der Waals surface area contributed by atoms with Crippen LogP contribution < -0.4 is 5.32 Å². The van der Waals surface area contributed by atoms with Crippen molar-refractivity contribution in [3.05, 3.63) is 0 Å². The molecule has 0 aromatic rings. The minimum atomic E-state index is -1.15. The summed E-state index contributed by atoms with van der Waals surface area (Å²) in [5, 5.41) is 4.67. The Bertz CT molecular complexity index is 619. The summed E-state index contributed by atoms with van der Waals surface area (Å²) in [5.74, 6) is -2.40. The molecular formula is C15H20N2O8S. The third kappa shape index (κ3) is 6.51. The van der Waals surface area contributed by atoms with Crippen molar-refractivity contribution in [3.8, 4) is 0 Å². The molecule has 26 heavy (non-hydrogen) atoms. The lowest BCUT2D eigenvalue weighted by molar-refractivity contribution is -0.222. The Kier molecular flexibility index (Phi) is 8.30. The highest BCUT2D eigenvalue weighted by Crippen LogP contribution is 2.27. The highest BCUT2D eigenvalue weighted by Gasteiger charge is 2.50. The Hall–Kier alpha value is -2.36. The summed E-state index contributed by atoms with van der Waals surface area (Å²) in [5.41, 5.74) is 0. The van der Waals surface area contributed by atoms with Crippen molar-refractivity contribution in [2.75, 3.05) is 6.61 Å². The van der Waals surface area contributed by atoms with Crippen molar-refractivity contribution in [1.82, 2.24) is 5.32 Å². The Labute approximate surface area is 155 Å². The van der Waals surface area contributed by atoms with E-state index in [1.54, 1.807) is 0 Å². The molecule has 0 aromatic carbocycles. The zero-order valence-electron chi connectivity index (χ0n) is 14.7. The van der Waals surface area contributed by atoms with Crippen LogP contribution in [0.2, 0.25) is 0 Å². The van der Waals surface area contributed by atoms with E-state index in [4.69, 9.17) is 18.9 Å². The van der Waals surface area contributed by atoms with Crippen molar-refractivity contribution >= 4 is 41.2 Å². The second kappa shape index (κ2) is 9.95. The predicted octanol–water partition coefficient (Wildman–Crippen LogP) is -0.255. The van der Waals surface area contributed by atoms with Crippen LogP contribution in [0.4, 0.5) is 0 Å². The van der Waals surface area contributed by atoms with E-state index < -0.39 is 54.4 Å². The minimum absolute atomic E-state index is 0.290. The van der Waals surface area contributed by atoms with Crippen LogP contribution >= 0.6 is 12.2 Å². The van der Waals surface area contributed by atoms with Gasteiger partial charge in [-0.05, 0) is 12.2 Å². The van der Waals surface area contributed by atoms with Crippen LogP contribution in [0.1, 0.15) is 27.7 Å². The number of nitrogens with one attached hydrogen (secondary N) is 1. The smallest absolute Gasteiger partial charge is 0.303 e. The zero-order valence-corrected chi connectivity index (χ0v) is 15.5. The molecule has 0 saturated carbocycles. The summed E-state index contributed by atoms with van der Waals surface area (Å²) in [4.78, 5) is 49.5. The van der Waals surface area contributed by atoms with Gasteiger partial charge >= 0.3 is 17.9 Å². The summed E-state index contributed by atoms with van der Waals surface area (Å²) in [6.45, 7) is 4.46. The second-order valence-corrected chi connectivity index (χ2v) is 5.65. The number of amides is 1. The summed E-state index contributed by atoms with van der Waals surface area (Å²) in [6, 6.07) is -0.996. The lowest BCUT2D eigenvalue weighted by Gasteiger charge is -2.43. The van der Waals surface area contributed by atoms with E-state index in [1.165, 1.54) is 13.8 Å². The number of isothiocyanates is 1. The number of hydrogen-bond donors (Lipinski definition) is 1. The first-order chi connectivity index (χ1) is 12.1. The first-order valence-corrected chi connectivity index (χ1v) is 8.03. The number of aliphatic imine (C=N–C) groups is 1. The van der Waals surface area contributed by atoms with Gasteiger partial charge in [-0.2, -0.15) is 4.99 Å². The van der Waals surface area contributed by atoms with Crippen molar-refractivity contribution in [2.24, 2.45) is 4.99 Å². The number of nitrogens with zero attached hydrogens (tertiary/aromatic N) is 1. The lowest BCUT2D eigenvalue weighted by Crippen LogP contribution is -2.65. The van der Waals surface area contributed by atoms with Gasteiger partial charge in [-0.15, -0.1) is 0 Å². The topological polar surface area (TPSA) is 130 Å². The maximum Gasteiger partial charge on any atom is 0.303 e. The summed E-state index contributed by atoms with van der Waals surface area (Å²) in [7, 11) is 0. The van der Waals surface area contributed by atoms with E-state index in [1.807, 2.05) is 0 Å². The summed E-state index contributed by atoms with van der Waals surface area (Å²) < 4.78 is 21.1. The fourth-order valence-corrected chi connectivity index (χ4v) is 2.57. The van der Waals surface area contributed by atoms with E-state index in [-0.39, 0.29) is 6.61 Å². The Morgan fingerprint density at radius 2 is 1.62 bits per heavy atom. The molecule has 0 bridgehead atoms. The van der Waals surface area contributed by atoms with Gasteiger partial charge in [0.1, 0.15) is 18.8 Å². The van der Waals surface area contributed by atoms with E-state index in [2.05, 4.69) is 27.7 Å². The molecule has 1 amide bonds. The third-order valence-corrected chi connectivity index (χ3v) is 3.38. The van der Waals surface area contributed by atoms with Gasteiger partial charge in [0.2, 0.25) is 5.91 Å². The number of carbonyl (C=O) groups is 4. The number of rotatable bonds is 6. The van der Waals surface area contributed by atoms with E-state index >= 15 is 0 Å². The minimum Gasteiger partial charge on any atom is -0.463 e. The fourth-order valence-electron chi connectivity index (χ4n) is 2.47. The molecule has 1 aliphatic heterocycles. The summed E-state index contributed by atoms with van der Waals surface area (Å²) >= 11 is 4.58. The van der Waals surface area contributed by atoms with Gasteiger partial charge in [0.15, 0.2) is 18.4 Å². The van der Waals surface area contributed by atoms with E-state index in [0.717, 1.165) is 13.8 Å². The Morgan fingerprint density at radius 1 is 1.04 bits per heavy atom. The zero-order chi connectivity index (χ0) is 19.9. The molecule has 10 nitrogen and oxygen atoms in total. The van der Waals surface area contributed by atoms with Gasteiger partial charge in [0, 0.05) is 27.7 Å². The summed E-state index contributed by atoms with van der Waals surface area (Å²) in [6.07, 6.45) is -4.39. The number of esters is 3. The van der Waals surface area contributed by atoms with Crippen molar-refractivity contribution in [3.63, 3.8) is 0 Å². The van der Waals surface area contributed by atoms with Gasteiger partial charge in [0.25, 0.3) is 0 Å². The van der Waals surface area contributed by atoms with Gasteiger partial charge in [-0.3, -0.25) is 19.2 Å². The molecule has 1 aliphatic rings. The maximum atomic E-state index is 11.5. The van der Waals surface area contributed by atoms with Gasteiger partial charge in [0.05, 0.1) is 5.16 Å². The van der Waals surface area contributed by atoms with Crippen molar-refractivity contribution in [2.45, 2.75) is 58.3 Å². The quantitative estimate of drug-likeness (QED) is 0.283. The average molecular weight is 388 g/mol. The van der Waals surface area contributed by atoms with E-state index in [9.17, 15) is 19.2 Å². The predicted molar refractivity (Wildman–Crippen MR) is 89.0 cm³/mol. The van der Waals surface area contributed by atoms with Gasteiger partial charge < -0.3 is 24.3 Å². The number of thiocarbonyl (C=S) groups is 1. The molecule has 0 spiro atoms. The fraction of sp³-hybridized carbons (Fsp3) is 0.667. The van der Waals surface area contributed by atoms with E-state index in [0.29, 0.717) is 0 Å². The Morgan fingerprint density at radius 3 is 2.08 bits per heavy atom. The maximum absolute atomic E-state index is 11.5. The molecule has 5 atom stereocenters. The van der Waals surface area contributed by atoms with Crippen molar-refractivity contribution < 1.29 is 38.1 Å². The molecule has 1 saturated heterocycles. The van der Waals surface area contributed by atoms with Gasteiger partial charge in [-0.1, -0.05) is 0 Å². The number of carbonyl (C=O) groups excluding carboxylic acids is 4. The second-order valence-electron chi connectivity index (χ2n) is 5.46. The van der Waals surface area contributed by atoms with Crippen LogP contribution in [0.5, 0.6) is 0 Å². The molecule has 1 rings (SSSR count). The molecule has 0 aromatic heterocycles. The molecule has 0 radical (unpaired) electrons. The average Bonchev–Trinajstić information content (AvgIpc) is 2.50. The molecule has 11 heteroatoms.